The minimum atomic E-state index is -1.62. The van der Waals surface area contributed by atoms with Crippen LogP contribution in [0.1, 0.15) is 186 Å². The number of carboxylic acid groups (broad SMARTS) is 3. The van der Waals surface area contributed by atoms with Gasteiger partial charge < -0.3 is 78.8 Å². The van der Waals surface area contributed by atoms with E-state index in [9.17, 15) is 68.1 Å². The Balaban J connectivity index is 1.46. The molecular formula is C61H107N17O16. The highest BCUT2D eigenvalue weighted by atomic mass is 16.5. The molecule has 1 aromatic rings. The maximum atomic E-state index is 14.3. The third kappa shape index (κ3) is 36.1. The van der Waals surface area contributed by atoms with E-state index in [1.165, 1.54) is 62.7 Å². The number of carboxylic acids is 3. The molecule has 0 unspecified atom stereocenters. The number of carbonyl (C=O) groups is 11. The zero-order chi connectivity index (χ0) is 68.9. The summed E-state index contributed by atoms with van der Waals surface area (Å²) in [5.74, 6) is -8.35. The Morgan fingerprint density at radius 2 is 1.13 bits per heavy atom. The number of tetrazole rings is 1. The molecule has 0 aromatic carbocycles. The van der Waals surface area contributed by atoms with E-state index in [1.54, 1.807) is 0 Å². The van der Waals surface area contributed by atoms with Crippen LogP contribution in [-0.4, -0.2) is 244 Å². The fraction of sp³-hybridized carbons (Fsp3) is 0.787. The third-order valence-electron chi connectivity index (χ3n) is 16.3. The summed E-state index contributed by atoms with van der Waals surface area (Å²) in [4.78, 5) is 151. The van der Waals surface area contributed by atoms with E-state index >= 15 is 0 Å². The predicted octanol–water partition coefficient (Wildman–Crippen LogP) is -0.291. The summed E-state index contributed by atoms with van der Waals surface area (Å²) in [7, 11) is 1.84. The van der Waals surface area contributed by atoms with Crippen molar-refractivity contribution in [3.05, 3.63) is 5.82 Å². The smallest absolute Gasteiger partial charge is 0.317 e. The van der Waals surface area contributed by atoms with E-state index in [2.05, 4.69) is 57.5 Å². The molecule has 33 heteroatoms. The van der Waals surface area contributed by atoms with Crippen molar-refractivity contribution in [1.82, 2.24) is 67.2 Å². The lowest BCUT2D eigenvalue weighted by atomic mass is 10.0. The number of amides is 8. The molecule has 532 valence electrons. The van der Waals surface area contributed by atoms with Crippen molar-refractivity contribution in [1.29, 1.82) is 0 Å². The van der Waals surface area contributed by atoms with Crippen LogP contribution in [0.2, 0.25) is 0 Å². The van der Waals surface area contributed by atoms with Gasteiger partial charge in [-0.15, -0.1) is 10.2 Å². The first-order valence-electron chi connectivity index (χ1n) is 33.5. The summed E-state index contributed by atoms with van der Waals surface area (Å²) < 4.78 is 10.9. The molecule has 0 bridgehead atoms. The maximum Gasteiger partial charge on any atom is 0.317 e. The number of aryl methyl sites for hydroxylation is 1. The lowest BCUT2D eigenvalue weighted by molar-refractivity contribution is -0.142. The van der Waals surface area contributed by atoms with Crippen LogP contribution in [0.5, 0.6) is 0 Å². The van der Waals surface area contributed by atoms with Gasteiger partial charge in [0.05, 0.1) is 39.0 Å². The minimum Gasteiger partial charge on any atom is -0.481 e. The highest BCUT2D eigenvalue weighted by molar-refractivity contribution is 5.97. The van der Waals surface area contributed by atoms with Crippen LogP contribution < -0.4 is 49.1 Å². The number of likely N-dealkylation sites (tertiary alicyclic amines) is 2. The molecule has 16 N–H and O–H groups in total. The van der Waals surface area contributed by atoms with Crippen molar-refractivity contribution in [3.63, 3.8) is 0 Å². The number of rotatable bonds is 55. The van der Waals surface area contributed by atoms with E-state index in [1.807, 2.05) is 11.9 Å². The van der Waals surface area contributed by atoms with Crippen molar-refractivity contribution in [2.75, 3.05) is 85.8 Å². The zero-order valence-electron chi connectivity index (χ0n) is 55.0. The van der Waals surface area contributed by atoms with Gasteiger partial charge in [-0.3, -0.25) is 67.5 Å². The van der Waals surface area contributed by atoms with Crippen LogP contribution in [0, 0.1) is 0 Å². The summed E-state index contributed by atoms with van der Waals surface area (Å²) in [5.41, 5.74) is 16.7. The number of nitrogens with zero attached hydrogens (tertiary/aromatic N) is 7. The Hall–Kier alpha value is -7.65. The zero-order valence-corrected chi connectivity index (χ0v) is 55.0. The van der Waals surface area contributed by atoms with Crippen LogP contribution in [0.25, 0.3) is 0 Å². The molecule has 0 aliphatic carbocycles. The van der Waals surface area contributed by atoms with Crippen molar-refractivity contribution in [2.45, 2.75) is 222 Å². The van der Waals surface area contributed by atoms with Gasteiger partial charge in [-0.1, -0.05) is 75.8 Å². The van der Waals surface area contributed by atoms with Crippen LogP contribution in [-0.2, 0) is 68.6 Å². The van der Waals surface area contributed by atoms with Gasteiger partial charge in [-0.05, 0) is 116 Å². The van der Waals surface area contributed by atoms with Crippen molar-refractivity contribution in [2.24, 2.45) is 22.2 Å². The molecule has 0 radical (unpaired) electrons. The summed E-state index contributed by atoms with van der Waals surface area (Å²) in [6.07, 6.45) is 18.5. The highest BCUT2D eigenvalue weighted by Crippen LogP contribution is 2.25. The SMILES string of the molecule is CN1CCC[C@H]1C(=O)N1CCC[C@H]1C(=O)N[C@@H](CCCN=C(N)N)C(=O)N[C@@H](CCC(=O)O)C(=O)N[C@@H](CCCCN(CC(=O)O)CC(=O)O)C(=O)N[C@@H](CCCCNC(=O)COCCOCCNC(=O)CCCCCCCCCCCCCCCc1nn[nH]n1)C(N)=O. The van der Waals surface area contributed by atoms with E-state index < -0.39 is 116 Å². The third-order valence-corrected chi connectivity index (χ3v) is 16.3. The van der Waals surface area contributed by atoms with Gasteiger partial charge in [0.1, 0.15) is 36.8 Å². The molecule has 3 rings (SSSR count). The van der Waals surface area contributed by atoms with Crippen molar-refractivity contribution >= 4 is 71.1 Å². The first-order chi connectivity index (χ1) is 45.1. The largest absolute Gasteiger partial charge is 0.481 e. The molecule has 1 aromatic heterocycles. The van der Waals surface area contributed by atoms with E-state index in [0.29, 0.717) is 45.2 Å². The first-order valence-corrected chi connectivity index (χ1v) is 33.5. The summed E-state index contributed by atoms with van der Waals surface area (Å²) in [6.45, 7) is 0.736. The highest BCUT2D eigenvalue weighted by Gasteiger charge is 2.41. The Bertz CT molecular complexity index is 2480. The summed E-state index contributed by atoms with van der Waals surface area (Å²) in [5, 5.41) is 58.3. The Morgan fingerprint density at radius 1 is 0.585 bits per heavy atom. The predicted molar refractivity (Wildman–Crippen MR) is 344 cm³/mol. The van der Waals surface area contributed by atoms with Gasteiger partial charge in [0.2, 0.25) is 47.3 Å². The number of primary amides is 1. The van der Waals surface area contributed by atoms with Gasteiger partial charge in [-0.2, -0.15) is 5.21 Å². The van der Waals surface area contributed by atoms with Gasteiger partial charge in [0.25, 0.3) is 0 Å². The Kier molecular flexibility index (Phi) is 41.2. The second-order valence-corrected chi connectivity index (χ2v) is 24.1. The van der Waals surface area contributed by atoms with Crippen LogP contribution in [0.3, 0.4) is 0 Å². The molecule has 33 nitrogen and oxygen atoms in total. The van der Waals surface area contributed by atoms with E-state index in [-0.39, 0.29) is 109 Å². The normalized spacial score (nSPS) is 15.9. The fourth-order valence-corrected chi connectivity index (χ4v) is 11.2. The standard InChI is InChI=1S/C61H107N17O16/c1-76-34-20-26-48(76)60(92)78-36-21-25-47(78)59(91)71-45(24-19-32-67-61(63)64)57(89)70-46(29-30-52(81)82)58(90)69-44(23-16-18-35-77(40-53(83)84)41-54(85)86)56(88)68-43(55(62)87)22-15-17-31-65-51(80)42-94-39-38-93-37-33-66-50(79)28-14-12-10-8-6-4-2-3-5-7-9-11-13-27-49-72-74-75-73-49/h43-48H,2-42H2,1H3,(H2,62,87)(H,65,80)(H,66,79)(H,68,88)(H,69,90)(H,70,89)(H,71,91)(H,81,82)(H,83,84)(H,85,86)(H4,63,64,67)(H,72,73,74,75)/t43-,44-,45-,46-,47-,48-/m0/s1. The molecule has 2 aliphatic heterocycles. The van der Waals surface area contributed by atoms with Gasteiger partial charge in [0.15, 0.2) is 11.8 Å². The number of aromatic nitrogens is 4. The second kappa shape index (κ2) is 48.1. The number of nitrogens with one attached hydrogen (secondary N) is 7. The summed E-state index contributed by atoms with van der Waals surface area (Å²) >= 11 is 0. The number of aliphatic carboxylic acids is 3. The number of carbonyl (C=O) groups excluding carboxylic acids is 8. The Labute approximate surface area is 550 Å². The van der Waals surface area contributed by atoms with Gasteiger partial charge in [-0.25, -0.2) is 0 Å². The lowest BCUT2D eigenvalue weighted by Crippen LogP contribution is -2.59. The van der Waals surface area contributed by atoms with E-state index in [4.69, 9.17) is 26.7 Å². The number of H-pyrrole nitrogens is 1. The number of ether oxygens (including phenoxy) is 2. The molecule has 2 fully saturated rings. The molecule has 6 atom stereocenters. The van der Waals surface area contributed by atoms with Crippen LogP contribution in [0.4, 0.5) is 0 Å². The molecular weight excluding hydrogens is 1230 g/mol. The molecule has 2 aliphatic rings. The maximum absolute atomic E-state index is 14.3. The number of guanidine groups is 1. The first kappa shape index (κ1) is 80.6. The average molecular weight is 1330 g/mol. The molecule has 0 spiro atoms. The number of aliphatic imine (C=N–C) groups is 1. The minimum absolute atomic E-state index is 0.00219. The molecule has 2 saturated heterocycles. The fourth-order valence-electron chi connectivity index (χ4n) is 11.2. The number of nitrogens with two attached hydrogens (primary N) is 3. The average Bonchev–Trinajstić information content (AvgIpc) is 1.68. The van der Waals surface area contributed by atoms with Gasteiger partial charge in [0, 0.05) is 45.4 Å². The van der Waals surface area contributed by atoms with Gasteiger partial charge >= 0.3 is 17.9 Å². The number of hydrogen-bond acceptors (Lipinski definition) is 19. The number of likely N-dealkylation sites (N-methyl/N-ethyl adjacent to an activating group) is 1. The molecule has 8 amide bonds. The monoisotopic (exact) mass is 1330 g/mol. The topological polar surface area (TPSA) is 494 Å². The number of hydrogen-bond donors (Lipinski definition) is 13. The second-order valence-electron chi connectivity index (χ2n) is 24.1. The Morgan fingerprint density at radius 3 is 1.71 bits per heavy atom. The molecule has 0 saturated carbocycles. The molecule has 3 heterocycles. The number of unbranched alkanes of at least 4 members (excludes halogenated alkanes) is 14. The number of aromatic amines is 1. The lowest BCUT2D eigenvalue weighted by Gasteiger charge is -2.30. The van der Waals surface area contributed by atoms with Crippen molar-refractivity contribution in [3.8, 4) is 0 Å². The van der Waals surface area contributed by atoms with Crippen LogP contribution >= 0.6 is 0 Å². The van der Waals surface area contributed by atoms with Crippen molar-refractivity contribution < 1.29 is 77.5 Å². The van der Waals surface area contributed by atoms with Crippen LogP contribution in [0.15, 0.2) is 4.99 Å². The summed E-state index contributed by atoms with van der Waals surface area (Å²) in [6, 6.07) is -7.04. The molecule has 94 heavy (non-hydrogen) atoms. The van der Waals surface area contributed by atoms with E-state index in [0.717, 1.165) is 55.8 Å². The quantitative estimate of drug-likeness (QED) is 0.0226.